The second kappa shape index (κ2) is 7.18. The number of carboxylic acids is 1. The standard InChI is InChI=1S/C15H13N3O6/c19-15(20)12(8-10-4-2-1-3-5-10)16-11-6-7-13(17(21)22)14(9-11)18(23)24/h1-7,9,12,16H,8H2,(H,19,20)/t12-/m0/s1. The molecule has 2 rings (SSSR count). The molecule has 0 aromatic heterocycles. The molecule has 0 heterocycles. The molecule has 2 aromatic rings. The molecule has 0 unspecified atom stereocenters. The number of hydrogen-bond donors (Lipinski definition) is 2. The molecule has 0 bridgehead atoms. The third-order valence-electron chi connectivity index (χ3n) is 3.29. The van der Waals surface area contributed by atoms with Gasteiger partial charge in [-0.1, -0.05) is 30.3 Å². The smallest absolute Gasteiger partial charge is 0.348 e. The van der Waals surface area contributed by atoms with E-state index in [4.69, 9.17) is 0 Å². The fraction of sp³-hybridized carbons (Fsp3) is 0.133. The largest absolute Gasteiger partial charge is 0.480 e. The van der Waals surface area contributed by atoms with E-state index in [0.29, 0.717) is 0 Å². The molecular weight excluding hydrogens is 318 g/mol. The van der Waals surface area contributed by atoms with E-state index >= 15 is 0 Å². The zero-order valence-corrected chi connectivity index (χ0v) is 12.3. The molecule has 0 saturated carbocycles. The highest BCUT2D eigenvalue weighted by Crippen LogP contribution is 2.30. The Morgan fingerprint density at radius 1 is 1.04 bits per heavy atom. The van der Waals surface area contributed by atoms with Crippen LogP contribution in [0.4, 0.5) is 17.1 Å². The van der Waals surface area contributed by atoms with Crippen molar-refractivity contribution < 1.29 is 19.7 Å². The Balaban J connectivity index is 2.26. The average Bonchev–Trinajstić information content (AvgIpc) is 2.54. The van der Waals surface area contributed by atoms with Crippen molar-refractivity contribution >= 4 is 23.0 Å². The molecule has 0 aliphatic heterocycles. The summed E-state index contributed by atoms with van der Waals surface area (Å²) >= 11 is 0. The lowest BCUT2D eigenvalue weighted by Gasteiger charge is -2.15. The number of nitrogens with zero attached hydrogens (tertiary/aromatic N) is 2. The van der Waals surface area contributed by atoms with Gasteiger partial charge in [0.1, 0.15) is 6.04 Å². The van der Waals surface area contributed by atoms with E-state index in [2.05, 4.69) is 5.32 Å². The Morgan fingerprint density at radius 3 is 2.21 bits per heavy atom. The predicted octanol–water partition coefficient (Wildman–Crippen LogP) is 2.61. The maximum atomic E-state index is 11.4. The number of nitro benzene ring substituents is 2. The van der Waals surface area contributed by atoms with Crippen molar-refractivity contribution in [2.24, 2.45) is 0 Å². The number of carboxylic acid groups (broad SMARTS) is 1. The SMILES string of the molecule is O=C(O)[C@H](Cc1ccccc1)Nc1ccc([N+](=O)[O-])c([N+](=O)[O-])c1. The maximum Gasteiger partial charge on any atom is 0.348 e. The van der Waals surface area contributed by atoms with E-state index in [0.717, 1.165) is 17.7 Å². The number of nitrogens with one attached hydrogen (secondary N) is 1. The minimum absolute atomic E-state index is 0.121. The molecular formula is C15H13N3O6. The maximum absolute atomic E-state index is 11.4. The summed E-state index contributed by atoms with van der Waals surface area (Å²) in [5.41, 5.74) is -0.459. The molecule has 0 amide bonds. The molecule has 0 fully saturated rings. The molecule has 0 saturated heterocycles. The van der Waals surface area contributed by atoms with Gasteiger partial charge in [-0.3, -0.25) is 20.2 Å². The molecule has 0 radical (unpaired) electrons. The van der Waals surface area contributed by atoms with Crippen LogP contribution in [-0.2, 0) is 11.2 Å². The summed E-state index contributed by atoms with van der Waals surface area (Å²) in [6.07, 6.45) is 0.154. The van der Waals surface area contributed by atoms with E-state index in [-0.39, 0.29) is 12.1 Å². The molecule has 0 aliphatic carbocycles. The molecule has 24 heavy (non-hydrogen) atoms. The highest BCUT2D eigenvalue weighted by Gasteiger charge is 2.25. The van der Waals surface area contributed by atoms with Crippen LogP contribution in [0.25, 0.3) is 0 Å². The zero-order valence-electron chi connectivity index (χ0n) is 12.3. The highest BCUT2D eigenvalue weighted by atomic mass is 16.6. The average molecular weight is 331 g/mol. The number of rotatable bonds is 7. The Bertz CT molecular complexity index is 778. The molecule has 0 spiro atoms. The van der Waals surface area contributed by atoms with Crippen molar-refractivity contribution in [3.63, 3.8) is 0 Å². The summed E-state index contributed by atoms with van der Waals surface area (Å²) in [5, 5.41) is 33.7. The van der Waals surface area contributed by atoms with Gasteiger partial charge in [0.2, 0.25) is 0 Å². The van der Waals surface area contributed by atoms with Crippen LogP contribution in [0.1, 0.15) is 5.56 Å². The fourth-order valence-electron chi connectivity index (χ4n) is 2.16. The molecule has 0 aliphatic rings. The fourth-order valence-corrected chi connectivity index (χ4v) is 2.16. The molecule has 9 nitrogen and oxygen atoms in total. The third kappa shape index (κ3) is 4.03. The lowest BCUT2D eigenvalue weighted by Crippen LogP contribution is -2.31. The van der Waals surface area contributed by atoms with Gasteiger partial charge in [0, 0.05) is 24.2 Å². The van der Waals surface area contributed by atoms with Crippen molar-refractivity contribution in [2.45, 2.75) is 12.5 Å². The number of anilines is 1. The first-order valence-electron chi connectivity index (χ1n) is 6.84. The van der Waals surface area contributed by atoms with Crippen LogP contribution in [0.5, 0.6) is 0 Å². The Hall–Kier alpha value is -3.49. The van der Waals surface area contributed by atoms with E-state index in [1.165, 1.54) is 6.07 Å². The summed E-state index contributed by atoms with van der Waals surface area (Å²) in [4.78, 5) is 31.4. The van der Waals surface area contributed by atoms with Crippen molar-refractivity contribution in [1.29, 1.82) is 0 Å². The molecule has 1 atom stereocenters. The number of hydrogen-bond acceptors (Lipinski definition) is 6. The first kappa shape index (κ1) is 16.9. The van der Waals surface area contributed by atoms with Gasteiger partial charge in [-0.2, -0.15) is 0 Å². The Morgan fingerprint density at radius 2 is 1.67 bits per heavy atom. The molecule has 2 N–H and O–H groups in total. The Kier molecular flexibility index (Phi) is 5.05. The minimum atomic E-state index is -1.14. The lowest BCUT2D eigenvalue weighted by molar-refractivity contribution is -0.422. The van der Waals surface area contributed by atoms with Gasteiger partial charge in [0.15, 0.2) is 0 Å². The summed E-state index contributed by atoms with van der Waals surface area (Å²) in [7, 11) is 0. The van der Waals surface area contributed by atoms with Crippen molar-refractivity contribution in [3.8, 4) is 0 Å². The number of aliphatic carboxylic acids is 1. The van der Waals surface area contributed by atoms with Crippen molar-refractivity contribution in [2.75, 3.05) is 5.32 Å². The topological polar surface area (TPSA) is 136 Å². The Labute approximate surface area is 135 Å². The van der Waals surface area contributed by atoms with Gasteiger partial charge in [-0.15, -0.1) is 0 Å². The van der Waals surface area contributed by atoms with Crippen LogP contribution in [-0.4, -0.2) is 27.0 Å². The van der Waals surface area contributed by atoms with Crippen LogP contribution >= 0.6 is 0 Å². The van der Waals surface area contributed by atoms with Crippen LogP contribution in [0.15, 0.2) is 48.5 Å². The van der Waals surface area contributed by atoms with E-state index in [9.17, 15) is 30.1 Å². The highest BCUT2D eigenvalue weighted by molar-refractivity contribution is 5.78. The van der Waals surface area contributed by atoms with Crippen LogP contribution in [0.2, 0.25) is 0 Å². The van der Waals surface area contributed by atoms with Crippen molar-refractivity contribution in [1.82, 2.24) is 0 Å². The first-order chi connectivity index (χ1) is 11.4. The van der Waals surface area contributed by atoms with E-state index in [1.807, 2.05) is 0 Å². The first-order valence-corrected chi connectivity index (χ1v) is 6.84. The van der Waals surface area contributed by atoms with Gasteiger partial charge in [-0.25, -0.2) is 4.79 Å². The predicted molar refractivity (Wildman–Crippen MR) is 84.9 cm³/mol. The summed E-state index contributed by atoms with van der Waals surface area (Å²) < 4.78 is 0. The summed E-state index contributed by atoms with van der Waals surface area (Å²) in [6, 6.07) is 11.0. The molecule has 2 aromatic carbocycles. The van der Waals surface area contributed by atoms with Gasteiger partial charge < -0.3 is 10.4 Å². The summed E-state index contributed by atoms with van der Waals surface area (Å²) in [5.74, 6) is -1.14. The van der Waals surface area contributed by atoms with Gasteiger partial charge >= 0.3 is 17.3 Å². The zero-order chi connectivity index (χ0) is 17.7. The monoisotopic (exact) mass is 331 g/mol. The summed E-state index contributed by atoms with van der Waals surface area (Å²) in [6.45, 7) is 0. The minimum Gasteiger partial charge on any atom is -0.480 e. The third-order valence-corrected chi connectivity index (χ3v) is 3.29. The van der Waals surface area contributed by atoms with E-state index in [1.54, 1.807) is 30.3 Å². The van der Waals surface area contributed by atoms with Crippen LogP contribution < -0.4 is 5.32 Å². The normalized spacial score (nSPS) is 11.5. The molecule has 9 heteroatoms. The second-order valence-electron chi connectivity index (χ2n) is 4.94. The lowest BCUT2D eigenvalue weighted by atomic mass is 10.1. The number of nitro groups is 2. The quantitative estimate of drug-likeness (QED) is 0.588. The number of benzene rings is 2. The van der Waals surface area contributed by atoms with Crippen molar-refractivity contribution in [3.05, 3.63) is 74.3 Å². The number of carbonyl (C=O) groups is 1. The van der Waals surface area contributed by atoms with Gasteiger partial charge in [-0.05, 0) is 11.6 Å². The van der Waals surface area contributed by atoms with Crippen LogP contribution in [0.3, 0.4) is 0 Å². The van der Waals surface area contributed by atoms with Gasteiger partial charge in [0.25, 0.3) is 0 Å². The molecule has 124 valence electrons. The van der Waals surface area contributed by atoms with Crippen LogP contribution in [0, 0.1) is 20.2 Å². The van der Waals surface area contributed by atoms with Gasteiger partial charge in [0.05, 0.1) is 9.85 Å². The second-order valence-corrected chi connectivity index (χ2v) is 4.94. The van der Waals surface area contributed by atoms with E-state index < -0.39 is 33.2 Å².